The van der Waals surface area contributed by atoms with Gasteiger partial charge in [-0.25, -0.2) is 0 Å². The number of esters is 1. The Morgan fingerprint density at radius 2 is 1.92 bits per heavy atom. The Bertz CT molecular complexity index is 385. The zero-order valence-corrected chi connectivity index (χ0v) is 16.4. The lowest BCUT2D eigenvalue weighted by Crippen LogP contribution is -2.84. The maximum atomic E-state index is 11.6. The highest BCUT2D eigenvalue weighted by molar-refractivity contribution is 5.72. The van der Waals surface area contributed by atoms with Gasteiger partial charge in [0, 0.05) is 6.42 Å². The van der Waals surface area contributed by atoms with Gasteiger partial charge in [-0.1, -0.05) is 45.4 Å². The van der Waals surface area contributed by atoms with E-state index in [2.05, 4.69) is 24.2 Å². The second kappa shape index (κ2) is 14.0. The van der Waals surface area contributed by atoms with Crippen molar-refractivity contribution in [2.24, 2.45) is 5.73 Å². The Morgan fingerprint density at radius 3 is 2.68 bits per heavy atom. The molecule has 1 rings (SSSR count). The summed E-state index contributed by atoms with van der Waals surface area (Å²) in [7, 11) is 0. The van der Waals surface area contributed by atoms with E-state index in [0.717, 1.165) is 44.9 Å². The van der Waals surface area contributed by atoms with Crippen molar-refractivity contribution < 1.29 is 14.5 Å². The zero-order chi connectivity index (χ0) is 18.3. The molecular formula is C20H40N3O2+. The van der Waals surface area contributed by atoms with Crippen LogP contribution in [0, 0.1) is 0 Å². The van der Waals surface area contributed by atoms with Gasteiger partial charge in [0.05, 0.1) is 18.7 Å². The Balaban J connectivity index is 2.24. The number of carbonyl (C=O) groups is 1. The predicted octanol–water partition coefficient (Wildman–Crippen LogP) is 2.38. The monoisotopic (exact) mass is 354 g/mol. The summed E-state index contributed by atoms with van der Waals surface area (Å²) in [6, 6.07) is 0.844. The third-order valence-corrected chi connectivity index (χ3v) is 4.90. The summed E-state index contributed by atoms with van der Waals surface area (Å²) >= 11 is 0. The van der Waals surface area contributed by atoms with Crippen LogP contribution in [-0.2, 0) is 9.53 Å². The van der Waals surface area contributed by atoms with E-state index in [4.69, 9.17) is 10.5 Å². The molecular weight excluding hydrogens is 314 g/mol. The van der Waals surface area contributed by atoms with Crippen molar-refractivity contribution in [3.8, 4) is 0 Å². The van der Waals surface area contributed by atoms with E-state index >= 15 is 0 Å². The normalized spacial score (nSPS) is 22.4. The van der Waals surface area contributed by atoms with Gasteiger partial charge < -0.3 is 4.74 Å². The topological polar surface area (TPSA) is 78.3 Å². The first-order chi connectivity index (χ1) is 12.1. The van der Waals surface area contributed by atoms with Gasteiger partial charge in [-0.2, -0.15) is 0 Å². The average molecular weight is 355 g/mol. The molecule has 0 fully saturated rings. The Morgan fingerprint density at radius 1 is 1.16 bits per heavy atom. The van der Waals surface area contributed by atoms with Gasteiger partial charge in [-0.05, 0) is 45.4 Å². The van der Waals surface area contributed by atoms with Crippen molar-refractivity contribution in [2.75, 3.05) is 6.61 Å². The van der Waals surface area contributed by atoms with Crippen LogP contribution in [0.15, 0.2) is 0 Å². The number of carbonyl (C=O) groups excluding carboxylic acids is 1. The lowest BCUT2D eigenvalue weighted by molar-refractivity contribution is -0.508. The minimum Gasteiger partial charge on any atom is -0.466 e. The summed E-state index contributed by atoms with van der Waals surface area (Å²) in [5.41, 5.74) is 6.11. The molecule has 0 amide bonds. The molecule has 0 unspecified atom stereocenters. The summed E-state index contributed by atoms with van der Waals surface area (Å²) in [5.74, 6) is 0.666. The second-order valence-electron chi connectivity index (χ2n) is 7.47. The number of unbranched alkanes of at least 4 members (excludes halogenated alkanes) is 3. The van der Waals surface area contributed by atoms with Crippen LogP contribution in [-0.4, -0.2) is 30.6 Å². The molecule has 5 nitrogen and oxygen atoms in total. The molecule has 25 heavy (non-hydrogen) atoms. The number of hydrogen-bond acceptors (Lipinski definition) is 4. The highest BCUT2D eigenvalue weighted by Crippen LogP contribution is 2.11. The van der Waals surface area contributed by atoms with Crippen LogP contribution < -0.4 is 16.0 Å². The van der Waals surface area contributed by atoms with Crippen molar-refractivity contribution >= 4 is 11.9 Å². The Labute approximate surface area is 154 Å². The van der Waals surface area contributed by atoms with E-state index in [1.54, 1.807) is 0 Å². The number of ether oxygens (including phenoxy) is 1. The van der Waals surface area contributed by atoms with Crippen molar-refractivity contribution in [3.05, 3.63) is 0 Å². The van der Waals surface area contributed by atoms with E-state index in [9.17, 15) is 4.79 Å². The highest BCUT2D eigenvalue weighted by Gasteiger charge is 2.14. The van der Waals surface area contributed by atoms with Gasteiger partial charge in [0.25, 0.3) is 0 Å². The standard InChI is InChI=1S/C20H39N3O2/c1-3-4-7-15-19(24)25-16-11-10-14-18-13-9-6-5-8-12-17(2)22-20(21)23-18/h17-18H,3-16H2,1-2H3,(H3,21,22,23)/p+1/t17-,18-/m1/s1. The minimum atomic E-state index is -0.0442. The van der Waals surface area contributed by atoms with Gasteiger partial charge in [0.1, 0.15) is 0 Å². The largest absolute Gasteiger partial charge is 0.466 e. The molecule has 146 valence electrons. The molecule has 4 N–H and O–H groups in total. The summed E-state index contributed by atoms with van der Waals surface area (Å²) in [5, 5.41) is 3.36. The average Bonchev–Trinajstić information content (AvgIpc) is 2.60. The number of rotatable bonds is 9. The van der Waals surface area contributed by atoms with Crippen LogP contribution in [0.25, 0.3) is 0 Å². The first-order valence-corrected chi connectivity index (χ1v) is 10.4. The van der Waals surface area contributed by atoms with Gasteiger partial charge in [-0.3, -0.25) is 20.8 Å². The quantitative estimate of drug-likeness (QED) is 0.439. The van der Waals surface area contributed by atoms with Crippen molar-refractivity contribution in [3.63, 3.8) is 0 Å². The Kier molecular flexibility index (Phi) is 12.2. The van der Waals surface area contributed by atoms with E-state index in [1.807, 2.05) is 0 Å². The second-order valence-corrected chi connectivity index (χ2v) is 7.47. The smallest absolute Gasteiger partial charge is 0.341 e. The third-order valence-electron chi connectivity index (χ3n) is 4.90. The summed E-state index contributed by atoms with van der Waals surface area (Å²) in [6.45, 7) is 4.88. The van der Waals surface area contributed by atoms with Crippen LogP contribution in [0.4, 0.5) is 0 Å². The molecule has 1 aliphatic rings. The first-order valence-electron chi connectivity index (χ1n) is 10.4. The first kappa shape index (κ1) is 21.8. The van der Waals surface area contributed by atoms with Crippen LogP contribution >= 0.6 is 0 Å². The number of nitrogens with two attached hydrogens (primary N) is 1. The lowest BCUT2D eigenvalue weighted by atomic mass is 10.0. The van der Waals surface area contributed by atoms with Crippen molar-refractivity contribution in [1.82, 2.24) is 5.32 Å². The van der Waals surface area contributed by atoms with E-state index in [1.165, 1.54) is 32.1 Å². The molecule has 0 saturated carbocycles. The molecule has 0 saturated heterocycles. The lowest BCUT2D eigenvalue weighted by Gasteiger charge is -2.13. The minimum absolute atomic E-state index is 0.0442. The van der Waals surface area contributed by atoms with Crippen molar-refractivity contribution in [2.45, 2.75) is 109 Å². The van der Waals surface area contributed by atoms with Gasteiger partial charge in [-0.15, -0.1) is 0 Å². The summed E-state index contributed by atoms with van der Waals surface area (Å²) in [4.78, 5) is 15.0. The predicted molar refractivity (Wildman–Crippen MR) is 103 cm³/mol. The van der Waals surface area contributed by atoms with Crippen LogP contribution in [0.3, 0.4) is 0 Å². The molecule has 0 aromatic heterocycles. The fraction of sp³-hybridized carbons (Fsp3) is 0.900. The molecule has 0 aliphatic carbocycles. The molecule has 0 radical (unpaired) electrons. The fourth-order valence-electron chi connectivity index (χ4n) is 3.35. The van der Waals surface area contributed by atoms with Gasteiger partial charge in [0.2, 0.25) is 0 Å². The third kappa shape index (κ3) is 11.8. The van der Waals surface area contributed by atoms with Gasteiger partial charge in [0.15, 0.2) is 0 Å². The summed E-state index contributed by atoms with van der Waals surface area (Å²) < 4.78 is 5.31. The van der Waals surface area contributed by atoms with E-state index in [0.29, 0.717) is 31.1 Å². The zero-order valence-electron chi connectivity index (χ0n) is 16.4. The summed E-state index contributed by atoms with van der Waals surface area (Å²) in [6.07, 6.45) is 14.3. The van der Waals surface area contributed by atoms with Crippen LogP contribution in [0.1, 0.15) is 97.3 Å². The van der Waals surface area contributed by atoms with Gasteiger partial charge >= 0.3 is 11.9 Å². The Hall–Kier alpha value is -1.26. The van der Waals surface area contributed by atoms with Crippen LogP contribution in [0.2, 0.25) is 0 Å². The number of nitrogens with one attached hydrogen (secondary N) is 2. The molecule has 1 aliphatic heterocycles. The van der Waals surface area contributed by atoms with Crippen molar-refractivity contribution in [1.29, 1.82) is 0 Å². The molecule has 2 atom stereocenters. The van der Waals surface area contributed by atoms with E-state index < -0.39 is 0 Å². The number of hydrogen-bond donors (Lipinski definition) is 3. The van der Waals surface area contributed by atoms with E-state index in [-0.39, 0.29) is 5.97 Å². The molecule has 1 heterocycles. The number of guanidine groups is 1. The fourth-order valence-corrected chi connectivity index (χ4v) is 3.35. The maximum Gasteiger partial charge on any atom is 0.341 e. The molecule has 5 heteroatoms. The molecule has 0 spiro atoms. The molecule has 0 aromatic rings. The van der Waals surface area contributed by atoms with Crippen LogP contribution in [0.5, 0.6) is 0 Å². The highest BCUT2D eigenvalue weighted by atomic mass is 16.5. The molecule has 0 bridgehead atoms. The SMILES string of the molecule is CCCCCC(=O)OCCCC[C@H]1CCCCCC[C@@H](C)NC(N)=[NH+]1. The maximum absolute atomic E-state index is 11.6. The molecule has 0 aromatic carbocycles.